The maximum atomic E-state index is 12.6. The highest BCUT2D eigenvalue weighted by atomic mass is 16.3. The number of primary amides is 1. The zero-order valence-electron chi connectivity index (χ0n) is 15.0. The van der Waals surface area contributed by atoms with Gasteiger partial charge in [-0.25, -0.2) is 0 Å². The Morgan fingerprint density at radius 1 is 1.31 bits per heavy atom. The van der Waals surface area contributed by atoms with E-state index in [4.69, 9.17) is 10.2 Å². The van der Waals surface area contributed by atoms with Crippen LogP contribution in [0.3, 0.4) is 0 Å². The van der Waals surface area contributed by atoms with E-state index in [-0.39, 0.29) is 17.7 Å². The Hall–Kier alpha value is -2.60. The summed E-state index contributed by atoms with van der Waals surface area (Å²) in [7, 11) is 0. The van der Waals surface area contributed by atoms with Crippen LogP contribution >= 0.6 is 0 Å². The van der Waals surface area contributed by atoms with Crippen LogP contribution in [0.5, 0.6) is 0 Å². The topological polar surface area (TPSA) is 88.6 Å². The molecule has 1 aliphatic heterocycles. The van der Waals surface area contributed by atoms with Crippen LogP contribution < -0.4 is 11.1 Å². The van der Waals surface area contributed by atoms with Crippen molar-refractivity contribution in [1.29, 1.82) is 0 Å². The number of benzene rings is 1. The van der Waals surface area contributed by atoms with Crippen molar-refractivity contribution in [2.45, 2.75) is 19.8 Å². The van der Waals surface area contributed by atoms with Crippen molar-refractivity contribution in [2.75, 3.05) is 26.2 Å². The van der Waals surface area contributed by atoms with Crippen molar-refractivity contribution in [3.63, 3.8) is 0 Å². The minimum absolute atomic E-state index is 0.0827. The Bertz CT molecular complexity index is 770. The van der Waals surface area contributed by atoms with Gasteiger partial charge >= 0.3 is 0 Å². The lowest BCUT2D eigenvalue weighted by molar-refractivity contribution is -0.123. The van der Waals surface area contributed by atoms with Crippen molar-refractivity contribution in [1.82, 2.24) is 10.2 Å². The van der Waals surface area contributed by atoms with Crippen LogP contribution in [0.15, 0.2) is 40.8 Å². The Kier molecular flexibility index (Phi) is 5.73. The second-order valence-corrected chi connectivity index (χ2v) is 6.76. The fraction of sp³-hybridized carbons (Fsp3) is 0.400. The average molecular weight is 355 g/mol. The molecule has 0 aliphatic carbocycles. The standard InChI is InChI=1S/C20H25N3O3/c1-14-12-17(18(26-14)15-6-3-2-4-7-15)20(25)22-9-11-23-10-5-8-16(13-23)19(21)24/h2-4,6-7,12,16H,5,8-11,13H2,1H3,(H2,21,24)(H,22,25)/t16-/m1/s1. The molecule has 3 N–H and O–H groups in total. The number of furan rings is 1. The normalized spacial score (nSPS) is 17.8. The molecule has 1 saturated heterocycles. The molecule has 0 saturated carbocycles. The molecule has 138 valence electrons. The summed E-state index contributed by atoms with van der Waals surface area (Å²) in [6.07, 6.45) is 1.81. The third kappa shape index (κ3) is 4.32. The van der Waals surface area contributed by atoms with Crippen LogP contribution in [0.25, 0.3) is 11.3 Å². The van der Waals surface area contributed by atoms with E-state index in [1.807, 2.05) is 37.3 Å². The van der Waals surface area contributed by atoms with Gasteiger partial charge in [0.2, 0.25) is 5.91 Å². The fourth-order valence-electron chi connectivity index (χ4n) is 3.40. The predicted octanol–water partition coefficient (Wildman–Crippen LogP) is 2.18. The van der Waals surface area contributed by atoms with E-state index in [1.54, 1.807) is 6.07 Å². The second kappa shape index (κ2) is 8.19. The second-order valence-electron chi connectivity index (χ2n) is 6.76. The van der Waals surface area contributed by atoms with Crippen molar-refractivity contribution >= 4 is 11.8 Å². The molecule has 6 nitrogen and oxygen atoms in total. The first kappa shape index (κ1) is 18.2. The van der Waals surface area contributed by atoms with Gasteiger partial charge in [0.05, 0.1) is 11.5 Å². The van der Waals surface area contributed by atoms with E-state index >= 15 is 0 Å². The molecule has 3 rings (SSSR count). The largest absolute Gasteiger partial charge is 0.461 e. The van der Waals surface area contributed by atoms with Crippen molar-refractivity contribution in [3.8, 4) is 11.3 Å². The maximum Gasteiger partial charge on any atom is 0.255 e. The van der Waals surface area contributed by atoms with Crippen LogP contribution in [0, 0.1) is 12.8 Å². The number of nitrogens with two attached hydrogens (primary N) is 1. The van der Waals surface area contributed by atoms with Gasteiger partial charge < -0.3 is 20.4 Å². The molecule has 1 aromatic heterocycles. The van der Waals surface area contributed by atoms with Crippen LogP contribution in [0.4, 0.5) is 0 Å². The van der Waals surface area contributed by atoms with Crippen molar-refractivity contribution in [2.24, 2.45) is 11.7 Å². The van der Waals surface area contributed by atoms with Gasteiger partial charge in [0.1, 0.15) is 11.5 Å². The summed E-state index contributed by atoms with van der Waals surface area (Å²) in [5.41, 5.74) is 6.84. The monoisotopic (exact) mass is 355 g/mol. The quantitative estimate of drug-likeness (QED) is 0.831. The number of hydrogen-bond acceptors (Lipinski definition) is 4. The summed E-state index contributed by atoms with van der Waals surface area (Å²) < 4.78 is 5.74. The zero-order valence-corrected chi connectivity index (χ0v) is 15.0. The zero-order chi connectivity index (χ0) is 18.5. The molecule has 1 atom stereocenters. The van der Waals surface area contributed by atoms with E-state index in [9.17, 15) is 9.59 Å². The van der Waals surface area contributed by atoms with Gasteiger partial charge in [-0.2, -0.15) is 0 Å². The molecule has 0 radical (unpaired) electrons. The molecule has 6 heteroatoms. The molecule has 1 aromatic carbocycles. The molecule has 1 aliphatic rings. The van der Waals surface area contributed by atoms with Crippen LogP contribution in [0.1, 0.15) is 29.0 Å². The first-order valence-corrected chi connectivity index (χ1v) is 9.00. The van der Waals surface area contributed by atoms with E-state index in [0.29, 0.717) is 36.7 Å². The maximum absolute atomic E-state index is 12.6. The minimum Gasteiger partial charge on any atom is -0.461 e. The molecule has 2 aromatic rings. The van der Waals surface area contributed by atoms with Gasteiger partial charge in [0, 0.05) is 25.2 Å². The van der Waals surface area contributed by atoms with Gasteiger partial charge in [-0.15, -0.1) is 0 Å². The number of likely N-dealkylation sites (tertiary alicyclic amines) is 1. The number of hydrogen-bond donors (Lipinski definition) is 2. The lowest BCUT2D eigenvalue weighted by Gasteiger charge is -2.31. The first-order chi connectivity index (χ1) is 12.5. The van der Waals surface area contributed by atoms with Crippen molar-refractivity contribution in [3.05, 3.63) is 47.7 Å². The Morgan fingerprint density at radius 3 is 2.81 bits per heavy atom. The number of piperidine rings is 1. The Balaban J connectivity index is 1.58. The highest BCUT2D eigenvalue weighted by molar-refractivity contribution is 5.99. The van der Waals surface area contributed by atoms with Crippen LogP contribution in [0.2, 0.25) is 0 Å². The summed E-state index contributed by atoms with van der Waals surface area (Å²) in [6, 6.07) is 11.4. The summed E-state index contributed by atoms with van der Waals surface area (Å²) in [6.45, 7) is 4.65. The lowest BCUT2D eigenvalue weighted by Crippen LogP contribution is -2.44. The lowest BCUT2D eigenvalue weighted by atomic mass is 9.97. The molecule has 1 fully saturated rings. The van der Waals surface area contributed by atoms with E-state index in [1.165, 1.54) is 0 Å². The smallest absolute Gasteiger partial charge is 0.255 e. The molecule has 26 heavy (non-hydrogen) atoms. The van der Waals surface area contributed by atoms with Crippen molar-refractivity contribution < 1.29 is 14.0 Å². The number of nitrogens with one attached hydrogen (secondary N) is 1. The van der Waals surface area contributed by atoms with E-state index in [2.05, 4.69) is 10.2 Å². The van der Waals surface area contributed by atoms with Gasteiger partial charge in [0.15, 0.2) is 0 Å². The van der Waals surface area contributed by atoms with E-state index in [0.717, 1.165) is 24.9 Å². The summed E-state index contributed by atoms with van der Waals surface area (Å²) in [5, 5.41) is 2.96. The molecule has 2 amide bonds. The Labute approximate surface area is 153 Å². The average Bonchev–Trinajstić information content (AvgIpc) is 3.04. The van der Waals surface area contributed by atoms with Gasteiger partial charge in [0.25, 0.3) is 5.91 Å². The van der Waals surface area contributed by atoms with Gasteiger partial charge in [-0.3, -0.25) is 9.59 Å². The fourth-order valence-corrected chi connectivity index (χ4v) is 3.40. The number of aryl methyl sites for hydroxylation is 1. The number of carbonyl (C=O) groups is 2. The number of amides is 2. The number of carbonyl (C=O) groups excluding carboxylic acids is 2. The molecule has 0 unspecified atom stereocenters. The highest BCUT2D eigenvalue weighted by Gasteiger charge is 2.24. The highest BCUT2D eigenvalue weighted by Crippen LogP contribution is 2.27. The molecular formula is C20H25N3O3. The third-order valence-electron chi connectivity index (χ3n) is 4.76. The molecule has 0 spiro atoms. The van der Waals surface area contributed by atoms with E-state index < -0.39 is 0 Å². The number of nitrogens with zero attached hydrogens (tertiary/aromatic N) is 1. The molecular weight excluding hydrogens is 330 g/mol. The van der Waals surface area contributed by atoms with Crippen LogP contribution in [-0.4, -0.2) is 42.9 Å². The third-order valence-corrected chi connectivity index (χ3v) is 4.76. The predicted molar refractivity (Wildman–Crippen MR) is 99.6 cm³/mol. The summed E-state index contributed by atoms with van der Waals surface area (Å²) in [4.78, 5) is 26.1. The summed E-state index contributed by atoms with van der Waals surface area (Å²) >= 11 is 0. The molecule has 0 bridgehead atoms. The Morgan fingerprint density at radius 2 is 2.08 bits per heavy atom. The SMILES string of the molecule is Cc1cc(C(=O)NCCN2CCC[C@@H](C(N)=O)C2)c(-c2ccccc2)o1. The minimum atomic E-state index is -0.236. The van der Waals surface area contributed by atoms with Gasteiger partial charge in [-0.1, -0.05) is 30.3 Å². The number of rotatable bonds is 6. The first-order valence-electron chi connectivity index (χ1n) is 9.00. The van der Waals surface area contributed by atoms with Crippen LogP contribution in [-0.2, 0) is 4.79 Å². The van der Waals surface area contributed by atoms with Gasteiger partial charge in [-0.05, 0) is 32.4 Å². The summed E-state index contributed by atoms with van der Waals surface area (Å²) in [5.74, 6) is 0.826. The molecule has 2 heterocycles.